The molecule has 0 saturated heterocycles. The van der Waals surface area contributed by atoms with Gasteiger partial charge in [0.2, 0.25) is 11.8 Å². The number of fused-ring (bicyclic) bond motifs is 1. The number of rotatable bonds is 7. The number of aromatic nitrogens is 2. The molecule has 2 N–H and O–H groups in total. The van der Waals surface area contributed by atoms with Gasteiger partial charge in [-0.2, -0.15) is 0 Å². The van der Waals surface area contributed by atoms with E-state index >= 15 is 0 Å². The summed E-state index contributed by atoms with van der Waals surface area (Å²) in [6, 6.07) is 5.10. The molecule has 3 rings (SSSR count). The second kappa shape index (κ2) is 9.23. The van der Waals surface area contributed by atoms with Crippen molar-refractivity contribution in [2.45, 2.75) is 32.2 Å². The van der Waals surface area contributed by atoms with Crippen molar-refractivity contribution in [1.82, 2.24) is 9.97 Å². The maximum atomic E-state index is 12.4. The van der Waals surface area contributed by atoms with Gasteiger partial charge >= 0.3 is 0 Å². The molecule has 7 nitrogen and oxygen atoms in total. The summed E-state index contributed by atoms with van der Waals surface area (Å²) in [5, 5.41) is 7.52. The van der Waals surface area contributed by atoms with Crippen LogP contribution in [-0.4, -0.2) is 34.6 Å². The fraction of sp³-hybridized carbons (Fsp3) is 0.300. The minimum atomic E-state index is -0.182. The Morgan fingerprint density at radius 1 is 1.21 bits per heavy atom. The summed E-state index contributed by atoms with van der Waals surface area (Å²) in [5.74, 6) is 0.792. The maximum absolute atomic E-state index is 12.4. The molecule has 0 spiro atoms. The Morgan fingerprint density at radius 2 is 2.00 bits per heavy atom. The lowest BCUT2D eigenvalue weighted by Crippen LogP contribution is -2.14. The number of nitrogens with zero attached hydrogens (tertiary/aromatic N) is 2. The molecule has 3 aromatic rings. The van der Waals surface area contributed by atoms with E-state index in [9.17, 15) is 9.59 Å². The van der Waals surface area contributed by atoms with Crippen LogP contribution in [0.25, 0.3) is 10.2 Å². The molecule has 0 aliphatic heterocycles. The van der Waals surface area contributed by atoms with Crippen molar-refractivity contribution < 1.29 is 14.3 Å². The number of hydrogen-bond acceptors (Lipinski definition) is 7. The molecule has 0 unspecified atom stereocenters. The predicted octanol–water partition coefficient (Wildman–Crippen LogP) is 4.40. The standard InChI is InChI=1S/C20H22N4O3S2/c1-11-12(2)29-20-18(11)19(21-10-22-20)28-8-7-17(26)24-15-9-14(23-13(3)25)5-6-16(15)27-4/h5-6,9-10H,7-8H2,1-4H3,(H,23,25)(H,24,26). The quantitative estimate of drug-likeness (QED) is 0.426. The van der Waals surface area contributed by atoms with Crippen LogP contribution in [0.3, 0.4) is 0 Å². The number of hydrogen-bond donors (Lipinski definition) is 2. The molecule has 29 heavy (non-hydrogen) atoms. The predicted molar refractivity (Wildman–Crippen MR) is 118 cm³/mol. The Balaban J connectivity index is 1.64. The summed E-state index contributed by atoms with van der Waals surface area (Å²) in [5.41, 5.74) is 2.30. The van der Waals surface area contributed by atoms with Crippen LogP contribution in [0.15, 0.2) is 29.6 Å². The number of aryl methyl sites for hydroxylation is 2. The lowest BCUT2D eigenvalue weighted by atomic mass is 10.2. The number of carbonyl (C=O) groups is 2. The topological polar surface area (TPSA) is 93.2 Å². The molecule has 0 atom stereocenters. The number of benzene rings is 1. The fourth-order valence-corrected chi connectivity index (χ4v) is 4.86. The van der Waals surface area contributed by atoms with Gasteiger partial charge in [-0.1, -0.05) is 0 Å². The van der Waals surface area contributed by atoms with Crippen LogP contribution in [0.5, 0.6) is 5.75 Å². The van der Waals surface area contributed by atoms with E-state index in [-0.39, 0.29) is 11.8 Å². The number of amides is 2. The van der Waals surface area contributed by atoms with Crippen LogP contribution in [0, 0.1) is 13.8 Å². The van der Waals surface area contributed by atoms with Crippen LogP contribution in [-0.2, 0) is 9.59 Å². The van der Waals surface area contributed by atoms with Gasteiger partial charge in [0.05, 0.1) is 12.8 Å². The molecule has 152 valence electrons. The zero-order chi connectivity index (χ0) is 21.0. The summed E-state index contributed by atoms with van der Waals surface area (Å²) >= 11 is 3.20. The summed E-state index contributed by atoms with van der Waals surface area (Å²) in [7, 11) is 1.53. The van der Waals surface area contributed by atoms with Gasteiger partial charge in [0.15, 0.2) is 0 Å². The van der Waals surface area contributed by atoms with Gasteiger partial charge in [0.1, 0.15) is 21.9 Å². The SMILES string of the molecule is COc1ccc(NC(C)=O)cc1NC(=O)CCSc1ncnc2sc(C)c(C)c12. The first-order chi connectivity index (χ1) is 13.9. The first-order valence-electron chi connectivity index (χ1n) is 8.98. The zero-order valence-electron chi connectivity index (χ0n) is 16.7. The molecule has 2 aromatic heterocycles. The van der Waals surface area contributed by atoms with Crippen LogP contribution in [0.1, 0.15) is 23.8 Å². The van der Waals surface area contributed by atoms with E-state index < -0.39 is 0 Å². The lowest BCUT2D eigenvalue weighted by Gasteiger charge is -2.12. The van der Waals surface area contributed by atoms with Crippen molar-refractivity contribution in [3.05, 3.63) is 35.0 Å². The van der Waals surface area contributed by atoms with Crippen LogP contribution in [0.4, 0.5) is 11.4 Å². The second-order valence-electron chi connectivity index (χ2n) is 6.39. The van der Waals surface area contributed by atoms with Gasteiger partial charge in [-0.15, -0.1) is 23.1 Å². The van der Waals surface area contributed by atoms with Crippen molar-refractivity contribution in [1.29, 1.82) is 0 Å². The lowest BCUT2D eigenvalue weighted by molar-refractivity contribution is -0.116. The van der Waals surface area contributed by atoms with E-state index in [1.807, 2.05) is 0 Å². The Kier molecular flexibility index (Phi) is 6.71. The summed E-state index contributed by atoms with van der Waals surface area (Å²) < 4.78 is 5.30. The van der Waals surface area contributed by atoms with E-state index in [4.69, 9.17) is 4.74 Å². The Hall–Kier alpha value is -2.65. The third-order valence-electron chi connectivity index (χ3n) is 4.29. The van der Waals surface area contributed by atoms with E-state index in [2.05, 4.69) is 34.4 Å². The van der Waals surface area contributed by atoms with Crippen molar-refractivity contribution in [2.75, 3.05) is 23.5 Å². The molecule has 2 heterocycles. The minimum absolute atomic E-state index is 0.140. The third-order valence-corrected chi connectivity index (χ3v) is 6.40. The van der Waals surface area contributed by atoms with Crippen molar-refractivity contribution in [3.8, 4) is 5.75 Å². The fourth-order valence-electron chi connectivity index (χ4n) is 2.80. The molecule has 0 fully saturated rings. The van der Waals surface area contributed by atoms with Crippen LogP contribution >= 0.6 is 23.1 Å². The van der Waals surface area contributed by atoms with Gasteiger partial charge in [0, 0.05) is 35.0 Å². The minimum Gasteiger partial charge on any atom is -0.495 e. The van der Waals surface area contributed by atoms with Gasteiger partial charge < -0.3 is 15.4 Å². The Bertz CT molecular complexity index is 1070. The van der Waals surface area contributed by atoms with E-state index in [1.165, 1.54) is 24.5 Å². The van der Waals surface area contributed by atoms with Crippen molar-refractivity contribution in [3.63, 3.8) is 0 Å². The largest absolute Gasteiger partial charge is 0.495 e. The molecule has 0 aliphatic rings. The molecule has 0 radical (unpaired) electrons. The van der Waals surface area contributed by atoms with Gasteiger partial charge in [-0.3, -0.25) is 9.59 Å². The third kappa shape index (κ3) is 5.04. The molecule has 9 heteroatoms. The van der Waals surface area contributed by atoms with E-state index in [0.29, 0.717) is 29.3 Å². The first-order valence-corrected chi connectivity index (χ1v) is 10.8. The van der Waals surface area contributed by atoms with Crippen LogP contribution < -0.4 is 15.4 Å². The highest BCUT2D eigenvalue weighted by Gasteiger charge is 2.14. The highest BCUT2D eigenvalue weighted by atomic mass is 32.2. The Morgan fingerprint density at radius 3 is 2.72 bits per heavy atom. The summed E-state index contributed by atoms with van der Waals surface area (Å²) in [4.78, 5) is 34.6. The number of carbonyl (C=O) groups excluding carboxylic acids is 2. The second-order valence-corrected chi connectivity index (χ2v) is 8.67. The molecule has 2 amide bonds. The summed E-state index contributed by atoms with van der Waals surface area (Å²) in [6.07, 6.45) is 1.88. The molecule has 1 aromatic carbocycles. The molecule has 0 saturated carbocycles. The number of thiophene rings is 1. The van der Waals surface area contributed by atoms with Gasteiger partial charge in [0.25, 0.3) is 0 Å². The number of nitrogens with one attached hydrogen (secondary N) is 2. The number of thioether (sulfide) groups is 1. The van der Waals surface area contributed by atoms with Gasteiger partial charge in [-0.25, -0.2) is 9.97 Å². The molecule has 0 aliphatic carbocycles. The highest BCUT2D eigenvalue weighted by molar-refractivity contribution is 7.99. The van der Waals surface area contributed by atoms with E-state index in [0.717, 1.165) is 15.2 Å². The van der Waals surface area contributed by atoms with Crippen LogP contribution in [0.2, 0.25) is 0 Å². The number of anilines is 2. The maximum Gasteiger partial charge on any atom is 0.225 e. The van der Waals surface area contributed by atoms with Crippen molar-refractivity contribution in [2.24, 2.45) is 0 Å². The number of ether oxygens (including phenoxy) is 1. The highest BCUT2D eigenvalue weighted by Crippen LogP contribution is 2.34. The van der Waals surface area contributed by atoms with Gasteiger partial charge in [-0.05, 0) is 37.6 Å². The summed E-state index contributed by atoms with van der Waals surface area (Å²) in [6.45, 7) is 5.58. The monoisotopic (exact) mass is 430 g/mol. The normalized spacial score (nSPS) is 10.8. The Labute approximate surface area is 177 Å². The molecular weight excluding hydrogens is 408 g/mol. The zero-order valence-corrected chi connectivity index (χ0v) is 18.3. The first kappa shape index (κ1) is 21.1. The average molecular weight is 431 g/mol. The van der Waals surface area contributed by atoms with Crippen molar-refractivity contribution >= 4 is 56.5 Å². The number of methoxy groups -OCH3 is 1. The molecular formula is C20H22N4O3S2. The smallest absolute Gasteiger partial charge is 0.225 e. The average Bonchev–Trinajstić information content (AvgIpc) is 2.96. The molecule has 0 bridgehead atoms. The van der Waals surface area contributed by atoms with E-state index in [1.54, 1.807) is 47.6 Å².